The van der Waals surface area contributed by atoms with Crippen LogP contribution in [0.4, 0.5) is 27.1 Å². The SMILES string of the molecule is O=C(c1cccc(C(F)(F)F)c1)c1cnc(N2CCC(F)(F)C2)s1. The van der Waals surface area contributed by atoms with Crippen molar-refractivity contribution >= 4 is 22.3 Å². The molecule has 9 heteroatoms. The van der Waals surface area contributed by atoms with Crippen LogP contribution in [-0.4, -0.2) is 29.8 Å². The highest BCUT2D eigenvalue weighted by Gasteiger charge is 2.39. The lowest BCUT2D eigenvalue weighted by Gasteiger charge is -2.13. The van der Waals surface area contributed by atoms with E-state index in [-0.39, 0.29) is 28.5 Å². The average molecular weight is 362 g/mol. The van der Waals surface area contributed by atoms with Gasteiger partial charge in [0.1, 0.15) is 0 Å². The van der Waals surface area contributed by atoms with Crippen molar-refractivity contribution in [3.63, 3.8) is 0 Å². The van der Waals surface area contributed by atoms with E-state index in [1.807, 2.05) is 0 Å². The van der Waals surface area contributed by atoms with Gasteiger partial charge in [0.2, 0.25) is 5.78 Å². The van der Waals surface area contributed by atoms with E-state index in [0.717, 1.165) is 29.5 Å². The number of hydrogen-bond acceptors (Lipinski definition) is 4. The molecule has 1 aromatic heterocycles. The van der Waals surface area contributed by atoms with E-state index in [9.17, 15) is 26.7 Å². The number of carbonyl (C=O) groups excluding carboxylic acids is 1. The monoisotopic (exact) mass is 362 g/mol. The lowest BCUT2D eigenvalue weighted by atomic mass is 10.1. The fourth-order valence-corrected chi connectivity index (χ4v) is 3.30. The summed E-state index contributed by atoms with van der Waals surface area (Å²) >= 11 is 0.898. The zero-order valence-electron chi connectivity index (χ0n) is 12.1. The van der Waals surface area contributed by atoms with Gasteiger partial charge in [-0.15, -0.1) is 0 Å². The largest absolute Gasteiger partial charge is 0.416 e. The summed E-state index contributed by atoms with van der Waals surface area (Å²) in [6.45, 7) is -0.352. The Morgan fingerprint density at radius 3 is 2.67 bits per heavy atom. The molecule has 0 atom stereocenters. The van der Waals surface area contributed by atoms with Crippen LogP contribution in [0.25, 0.3) is 0 Å². The number of benzene rings is 1. The molecule has 3 rings (SSSR count). The second-order valence-electron chi connectivity index (χ2n) is 5.44. The Hall–Kier alpha value is -2.03. The molecule has 0 unspecified atom stereocenters. The Labute approximate surface area is 137 Å². The zero-order chi connectivity index (χ0) is 17.5. The van der Waals surface area contributed by atoms with Crippen molar-refractivity contribution in [2.24, 2.45) is 0 Å². The Morgan fingerprint density at radius 1 is 1.29 bits per heavy atom. The molecule has 0 saturated carbocycles. The fourth-order valence-electron chi connectivity index (χ4n) is 2.39. The maximum Gasteiger partial charge on any atom is 0.416 e. The molecular formula is C15H11F5N2OS. The standard InChI is InChI=1S/C15H11F5N2OS/c16-14(17)4-5-22(8-14)13-21-7-11(24-13)12(23)9-2-1-3-10(6-9)15(18,19)20/h1-3,6-7H,4-5,8H2. The van der Waals surface area contributed by atoms with Crippen LogP contribution < -0.4 is 4.90 Å². The number of rotatable bonds is 3. The van der Waals surface area contributed by atoms with Crippen LogP contribution in [0.1, 0.15) is 27.2 Å². The maximum absolute atomic E-state index is 13.2. The number of hydrogen-bond donors (Lipinski definition) is 0. The minimum absolute atomic E-state index is 0.111. The first-order chi connectivity index (χ1) is 11.2. The zero-order valence-corrected chi connectivity index (χ0v) is 12.9. The number of carbonyl (C=O) groups is 1. The molecule has 0 N–H and O–H groups in total. The van der Waals surface area contributed by atoms with Crippen molar-refractivity contribution in [1.29, 1.82) is 0 Å². The number of aromatic nitrogens is 1. The first-order valence-electron chi connectivity index (χ1n) is 6.96. The van der Waals surface area contributed by atoms with Gasteiger partial charge in [-0.3, -0.25) is 4.79 Å². The number of anilines is 1. The summed E-state index contributed by atoms with van der Waals surface area (Å²) in [5.74, 6) is -3.41. The Kier molecular flexibility index (Phi) is 4.06. The molecule has 1 aliphatic heterocycles. The molecule has 0 bridgehead atoms. The van der Waals surface area contributed by atoms with Crippen molar-refractivity contribution in [2.75, 3.05) is 18.0 Å². The summed E-state index contributed by atoms with van der Waals surface area (Å²) in [5.41, 5.74) is -1.04. The summed E-state index contributed by atoms with van der Waals surface area (Å²) in [4.78, 5) is 17.7. The smallest absolute Gasteiger partial charge is 0.342 e. The quantitative estimate of drug-likeness (QED) is 0.605. The van der Waals surface area contributed by atoms with Gasteiger partial charge in [-0.25, -0.2) is 13.8 Å². The van der Waals surface area contributed by atoms with Crippen LogP contribution in [-0.2, 0) is 6.18 Å². The highest BCUT2D eigenvalue weighted by molar-refractivity contribution is 7.17. The first-order valence-corrected chi connectivity index (χ1v) is 7.78. The normalized spacial score (nSPS) is 17.3. The van der Waals surface area contributed by atoms with Gasteiger partial charge in [0.15, 0.2) is 5.13 Å². The summed E-state index contributed by atoms with van der Waals surface area (Å²) in [5, 5.41) is 0.266. The Balaban J connectivity index is 1.82. The van der Waals surface area contributed by atoms with Crippen LogP contribution in [0.5, 0.6) is 0 Å². The summed E-state index contributed by atoms with van der Waals surface area (Å²) < 4.78 is 64.6. The molecule has 1 saturated heterocycles. The van der Waals surface area contributed by atoms with E-state index >= 15 is 0 Å². The average Bonchev–Trinajstić information content (AvgIpc) is 3.12. The van der Waals surface area contributed by atoms with Crippen LogP contribution in [0.2, 0.25) is 0 Å². The van der Waals surface area contributed by atoms with Gasteiger partial charge in [0.05, 0.1) is 23.2 Å². The molecule has 1 fully saturated rings. The number of ketones is 1. The molecule has 1 aliphatic rings. The van der Waals surface area contributed by atoms with Crippen LogP contribution in [0.3, 0.4) is 0 Å². The fraction of sp³-hybridized carbons (Fsp3) is 0.333. The summed E-state index contributed by atoms with van der Waals surface area (Å²) in [6, 6.07) is 4.08. The van der Waals surface area contributed by atoms with Crippen molar-refractivity contribution in [3.8, 4) is 0 Å². The summed E-state index contributed by atoms with van der Waals surface area (Å²) in [6.07, 6.45) is -3.63. The van der Waals surface area contributed by atoms with Crippen LogP contribution in [0.15, 0.2) is 30.5 Å². The van der Waals surface area contributed by atoms with Crippen molar-refractivity contribution in [1.82, 2.24) is 4.98 Å². The number of alkyl halides is 5. The molecule has 2 heterocycles. The maximum atomic E-state index is 13.2. The van der Waals surface area contributed by atoms with E-state index in [0.29, 0.717) is 0 Å². The van der Waals surface area contributed by atoms with Gasteiger partial charge in [0.25, 0.3) is 5.92 Å². The highest BCUT2D eigenvalue weighted by Crippen LogP contribution is 2.34. The molecule has 1 aromatic carbocycles. The molecule has 24 heavy (non-hydrogen) atoms. The third-order valence-electron chi connectivity index (χ3n) is 3.61. The molecule has 0 radical (unpaired) electrons. The Bertz CT molecular complexity index is 771. The topological polar surface area (TPSA) is 33.2 Å². The van der Waals surface area contributed by atoms with Crippen molar-refractivity contribution < 1.29 is 26.7 Å². The third-order valence-corrected chi connectivity index (χ3v) is 4.67. The van der Waals surface area contributed by atoms with Crippen molar-refractivity contribution in [3.05, 3.63) is 46.5 Å². The summed E-state index contributed by atoms with van der Waals surface area (Å²) in [7, 11) is 0. The lowest BCUT2D eigenvalue weighted by Crippen LogP contribution is -2.24. The van der Waals surface area contributed by atoms with Gasteiger partial charge < -0.3 is 4.90 Å². The minimum Gasteiger partial charge on any atom is -0.342 e. The second-order valence-corrected chi connectivity index (χ2v) is 6.45. The highest BCUT2D eigenvalue weighted by atomic mass is 32.1. The molecule has 0 spiro atoms. The molecular weight excluding hydrogens is 351 g/mol. The Morgan fingerprint density at radius 2 is 2.04 bits per heavy atom. The van der Waals surface area contributed by atoms with Crippen LogP contribution in [0, 0.1) is 0 Å². The van der Waals surface area contributed by atoms with Gasteiger partial charge in [-0.05, 0) is 12.1 Å². The number of nitrogens with zero attached hydrogens (tertiary/aromatic N) is 2. The third kappa shape index (κ3) is 3.40. The van der Waals surface area contributed by atoms with Crippen molar-refractivity contribution in [2.45, 2.75) is 18.5 Å². The second kappa shape index (κ2) is 5.80. The predicted octanol–water partition coefficient (Wildman–Crippen LogP) is 4.24. The van der Waals surface area contributed by atoms with Crippen LogP contribution >= 0.6 is 11.3 Å². The molecule has 0 amide bonds. The van der Waals surface area contributed by atoms with E-state index < -0.39 is 30.0 Å². The molecule has 0 aliphatic carbocycles. The predicted molar refractivity (Wildman–Crippen MR) is 78.8 cm³/mol. The molecule has 2 aromatic rings. The number of halogens is 5. The van der Waals surface area contributed by atoms with E-state index in [2.05, 4.69) is 4.98 Å². The van der Waals surface area contributed by atoms with Gasteiger partial charge in [-0.1, -0.05) is 23.5 Å². The van der Waals surface area contributed by atoms with E-state index in [1.54, 1.807) is 0 Å². The number of thiazole rings is 1. The molecule has 3 nitrogen and oxygen atoms in total. The van der Waals surface area contributed by atoms with Gasteiger partial charge >= 0.3 is 6.18 Å². The van der Waals surface area contributed by atoms with Gasteiger partial charge in [-0.2, -0.15) is 13.2 Å². The van der Waals surface area contributed by atoms with E-state index in [1.165, 1.54) is 17.2 Å². The van der Waals surface area contributed by atoms with E-state index in [4.69, 9.17) is 0 Å². The minimum atomic E-state index is -4.55. The first kappa shape index (κ1) is 16.8. The lowest BCUT2D eigenvalue weighted by molar-refractivity contribution is -0.137. The molecule has 128 valence electrons. The van der Waals surface area contributed by atoms with Gasteiger partial charge in [0, 0.05) is 18.5 Å².